The van der Waals surface area contributed by atoms with Crippen molar-refractivity contribution in [1.29, 1.82) is 0 Å². The van der Waals surface area contributed by atoms with Crippen LogP contribution in [-0.2, 0) is 4.79 Å². The minimum Gasteiger partial charge on any atom is -0.497 e. The zero-order valence-electron chi connectivity index (χ0n) is 17.6. The maximum absolute atomic E-state index is 13.6. The van der Waals surface area contributed by atoms with E-state index in [1.165, 1.54) is 0 Å². The number of halogens is 1. The molecule has 8 heteroatoms. The van der Waals surface area contributed by atoms with E-state index in [1.807, 2.05) is 31.2 Å². The van der Waals surface area contributed by atoms with Crippen molar-refractivity contribution in [3.8, 4) is 11.5 Å². The summed E-state index contributed by atoms with van der Waals surface area (Å²) in [6.45, 7) is 1.95. The van der Waals surface area contributed by atoms with E-state index in [0.717, 1.165) is 24.1 Å². The van der Waals surface area contributed by atoms with Crippen molar-refractivity contribution in [3.63, 3.8) is 0 Å². The van der Waals surface area contributed by atoms with E-state index >= 15 is 0 Å². The van der Waals surface area contributed by atoms with Crippen molar-refractivity contribution in [2.45, 2.75) is 31.8 Å². The van der Waals surface area contributed by atoms with Gasteiger partial charge in [-0.15, -0.1) is 0 Å². The Hall–Kier alpha value is -2.77. The summed E-state index contributed by atoms with van der Waals surface area (Å²) in [5, 5.41) is 7.63. The number of rotatable bonds is 6. The van der Waals surface area contributed by atoms with Crippen LogP contribution in [0.3, 0.4) is 0 Å². The van der Waals surface area contributed by atoms with Crippen LogP contribution in [0.2, 0.25) is 5.02 Å². The number of carbonyl (C=O) groups excluding carboxylic acids is 1. The Morgan fingerprint density at radius 2 is 1.87 bits per heavy atom. The number of amides is 1. The van der Waals surface area contributed by atoms with Crippen LogP contribution in [0.25, 0.3) is 0 Å². The number of methoxy groups -OCH3 is 2. The first kappa shape index (κ1) is 21.5. The van der Waals surface area contributed by atoms with Crippen molar-refractivity contribution in [1.82, 2.24) is 10.2 Å². The number of anilines is 1. The molecule has 2 aromatic carbocycles. The Kier molecular flexibility index (Phi) is 6.07. The van der Waals surface area contributed by atoms with Crippen molar-refractivity contribution in [3.05, 3.63) is 64.3 Å². The molecule has 2 aromatic rings. The lowest BCUT2D eigenvalue weighted by atomic mass is 9.94. The highest BCUT2D eigenvalue weighted by atomic mass is 35.5. The van der Waals surface area contributed by atoms with Crippen LogP contribution in [0.1, 0.15) is 31.4 Å². The second-order valence-corrected chi connectivity index (χ2v) is 8.38. The topological polar surface area (TPSA) is 62.8 Å². The van der Waals surface area contributed by atoms with E-state index in [1.54, 1.807) is 32.4 Å². The molecular formula is C23H24ClN3O3S. The van der Waals surface area contributed by atoms with Gasteiger partial charge in [0, 0.05) is 22.8 Å². The standard InChI is InChI=1S/C23H24ClN3O3S/c1-13-20(22(28)25-18-12-17(29-2)10-11-19(18)30-3)21(14-4-6-15(24)7-5-14)26-23(31)27(13)16-8-9-16/h4-7,10-12,16,21H,8-9H2,1-3H3,(H,25,28)(H,26,31)/t21-/m1/s1. The van der Waals surface area contributed by atoms with Crippen LogP contribution in [0, 0.1) is 0 Å². The van der Waals surface area contributed by atoms with Crippen LogP contribution in [-0.4, -0.2) is 36.2 Å². The first-order valence-electron chi connectivity index (χ1n) is 10.0. The minimum atomic E-state index is -0.392. The van der Waals surface area contributed by atoms with Gasteiger partial charge in [0.25, 0.3) is 5.91 Å². The van der Waals surface area contributed by atoms with Crippen molar-refractivity contribution >= 4 is 40.5 Å². The molecular weight excluding hydrogens is 434 g/mol. The normalized spacial score (nSPS) is 18.5. The van der Waals surface area contributed by atoms with Gasteiger partial charge in [0.2, 0.25) is 0 Å². The smallest absolute Gasteiger partial charge is 0.255 e. The van der Waals surface area contributed by atoms with E-state index in [4.69, 9.17) is 33.3 Å². The summed E-state index contributed by atoms with van der Waals surface area (Å²) in [6.07, 6.45) is 2.12. The maximum Gasteiger partial charge on any atom is 0.255 e. The predicted molar refractivity (Wildman–Crippen MR) is 126 cm³/mol. The van der Waals surface area contributed by atoms with Gasteiger partial charge in [0.05, 0.1) is 31.5 Å². The molecule has 1 saturated carbocycles. The highest BCUT2D eigenvalue weighted by Gasteiger charge is 2.40. The monoisotopic (exact) mass is 457 g/mol. The molecule has 1 atom stereocenters. The van der Waals surface area contributed by atoms with Crippen molar-refractivity contribution in [2.75, 3.05) is 19.5 Å². The molecule has 0 radical (unpaired) electrons. The second kappa shape index (κ2) is 8.77. The number of ether oxygens (including phenoxy) is 2. The van der Waals surface area contributed by atoms with Gasteiger partial charge in [-0.2, -0.15) is 0 Å². The lowest BCUT2D eigenvalue weighted by molar-refractivity contribution is -0.113. The predicted octanol–water partition coefficient (Wildman–Crippen LogP) is 4.66. The Morgan fingerprint density at radius 1 is 1.16 bits per heavy atom. The van der Waals surface area contributed by atoms with Crippen LogP contribution in [0.5, 0.6) is 11.5 Å². The highest BCUT2D eigenvalue weighted by Crippen LogP contribution is 2.39. The van der Waals surface area contributed by atoms with Gasteiger partial charge < -0.3 is 25.0 Å². The molecule has 0 saturated heterocycles. The van der Waals surface area contributed by atoms with Crippen molar-refractivity contribution in [2.24, 2.45) is 0 Å². The fourth-order valence-corrected chi connectivity index (χ4v) is 4.36. The zero-order chi connectivity index (χ0) is 22.1. The molecule has 6 nitrogen and oxygen atoms in total. The third kappa shape index (κ3) is 4.34. The summed E-state index contributed by atoms with van der Waals surface area (Å²) in [4.78, 5) is 15.6. The Labute approximate surface area is 192 Å². The molecule has 0 unspecified atom stereocenters. The van der Waals surface area contributed by atoms with Gasteiger partial charge in [-0.3, -0.25) is 4.79 Å². The average Bonchev–Trinajstić information content (AvgIpc) is 3.58. The minimum absolute atomic E-state index is 0.232. The summed E-state index contributed by atoms with van der Waals surface area (Å²) in [7, 11) is 3.14. The number of benzene rings is 2. The second-order valence-electron chi connectivity index (χ2n) is 7.55. The fourth-order valence-electron chi connectivity index (χ4n) is 3.83. The molecule has 1 aliphatic heterocycles. The van der Waals surface area contributed by atoms with E-state index < -0.39 is 6.04 Å². The number of carbonyl (C=O) groups is 1. The van der Waals surface area contributed by atoms with Crippen molar-refractivity contribution < 1.29 is 14.3 Å². The summed E-state index contributed by atoms with van der Waals surface area (Å²) >= 11 is 11.7. The van der Waals surface area contributed by atoms with Crippen LogP contribution >= 0.6 is 23.8 Å². The third-order valence-electron chi connectivity index (χ3n) is 5.54. The molecule has 4 rings (SSSR count). The van der Waals surface area contributed by atoms with Crippen LogP contribution in [0.15, 0.2) is 53.7 Å². The first-order valence-corrected chi connectivity index (χ1v) is 10.8. The molecule has 2 N–H and O–H groups in total. The molecule has 1 fully saturated rings. The molecule has 1 heterocycles. The van der Waals surface area contributed by atoms with Gasteiger partial charge >= 0.3 is 0 Å². The van der Waals surface area contributed by atoms with Gasteiger partial charge in [0.15, 0.2) is 5.11 Å². The molecule has 1 amide bonds. The molecule has 0 bridgehead atoms. The number of hydrogen-bond donors (Lipinski definition) is 2. The largest absolute Gasteiger partial charge is 0.497 e. The SMILES string of the molecule is COc1ccc(OC)c(NC(=O)C2=C(C)N(C3CC3)C(=S)N[C@@H]2c2ccc(Cl)cc2)c1. The van der Waals surface area contributed by atoms with Crippen LogP contribution < -0.4 is 20.1 Å². The van der Waals surface area contributed by atoms with Gasteiger partial charge in [-0.1, -0.05) is 23.7 Å². The molecule has 0 aromatic heterocycles. The summed E-state index contributed by atoms with van der Waals surface area (Å²) in [5.74, 6) is 0.942. The number of hydrogen-bond acceptors (Lipinski definition) is 4. The number of allylic oxidation sites excluding steroid dienone is 1. The Balaban J connectivity index is 1.74. The number of nitrogens with one attached hydrogen (secondary N) is 2. The number of nitrogens with zero attached hydrogens (tertiary/aromatic N) is 1. The third-order valence-corrected chi connectivity index (χ3v) is 6.11. The quantitative estimate of drug-likeness (QED) is 0.615. The van der Waals surface area contributed by atoms with E-state index in [0.29, 0.717) is 38.9 Å². The van der Waals surface area contributed by atoms with Crippen LogP contribution in [0.4, 0.5) is 5.69 Å². The fraction of sp³-hybridized carbons (Fsp3) is 0.304. The summed E-state index contributed by atoms with van der Waals surface area (Å²) in [5.41, 5.74) is 2.90. The molecule has 162 valence electrons. The van der Waals surface area contributed by atoms with E-state index in [2.05, 4.69) is 15.5 Å². The van der Waals surface area contributed by atoms with Gasteiger partial charge in [-0.05, 0) is 61.8 Å². The van der Waals surface area contributed by atoms with Gasteiger partial charge in [-0.25, -0.2) is 0 Å². The first-order chi connectivity index (χ1) is 14.9. The molecule has 0 spiro atoms. The van der Waals surface area contributed by atoms with E-state index in [9.17, 15) is 4.79 Å². The Morgan fingerprint density at radius 3 is 2.48 bits per heavy atom. The lowest BCUT2D eigenvalue weighted by Gasteiger charge is -2.38. The number of thiocarbonyl (C=S) groups is 1. The van der Waals surface area contributed by atoms with Gasteiger partial charge in [0.1, 0.15) is 11.5 Å². The Bertz CT molecular complexity index is 1050. The summed E-state index contributed by atoms with van der Waals surface area (Å²) in [6, 6.07) is 12.7. The molecule has 31 heavy (non-hydrogen) atoms. The molecule has 1 aliphatic carbocycles. The maximum atomic E-state index is 13.6. The highest BCUT2D eigenvalue weighted by molar-refractivity contribution is 7.80. The van der Waals surface area contributed by atoms with E-state index in [-0.39, 0.29) is 5.91 Å². The summed E-state index contributed by atoms with van der Waals surface area (Å²) < 4.78 is 10.7. The molecule has 2 aliphatic rings. The zero-order valence-corrected chi connectivity index (χ0v) is 19.1. The average molecular weight is 458 g/mol. The lowest BCUT2D eigenvalue weighted by Crippen LogP contribution is -2.49.